The van der Waals surface area contributed by atoms with E-state index in [-0.39, 0.29) is 12.3 Å². The summed E-state index contributed by atoms with van der Waals surface area (Å²) >= 11 is 0. The molecule has 0 saturated heterocycles. The van der Waals surface area contributed by atoms with Crippen LogP contribution in [0, 0.1) is 0 Å². The van der Waals surface area contributed by atoms with Crippen LogP contribution in [0.5, 0.6) is 5.75 Å². The molecule has 0 radical (unpaired) electrons. The third kappa shape index (κ3) is 3.63. The van der Waals surface area contributed by atoms with E-state index in [0.717, 1.165) is 27.9 Å². The van der Waals surface area contributed by atoms with Crippen LogP contribution < -0.4 is 10.1 Å². The van der Waals surface area contributed by atoms with Crippen molar-refractivity contribution in [2.75, 3.05) is 7.11 Å². The van der Waals surface area contributed by atoms with Crippen LogP contribution in [0.1, 0.15) is 11.1 Å². The minimum Gasteiger partial charge on any atom is -0.496 e. The fourth-order valence-corrected chi connectivity index (χ4v) is 2.40. The van der Waals surface area contributed by atoms with E-state index in [1.165, 1.54) is 0 Å². The molecular weight excluding hydrogens is 290 g/mol. The van der Waals surface area contributed by atoms with Crippen molar-refractivity contribution in [3.8, 4) is 5.75 Å². The van der Waals surface area contributed by atoms with Crippen LogP contribution in [-0.4, -0.2) is 23.0 Å². The predicted octanol–water partition coefficient (Wildman–Crippen LogP) is 2.50. The number of aromatic nitrogens is 2. The molecule has 0 aliphatic heterocycles. The zero-order valence-electron chi connectivity index (χ0n) is 12.8. The van der Waals surface area contributed by atoms with Crippen LogP contribution in [0.2, 0.25) is 0 Å². The van der Waals surface area contributed by atoms with Crippen LogP contribution in [0.25, 0.3) is 11.0 Å². The van der Waals surface area contributed by atoms with Crippen molar-refractivity contribution in [3.05, 3.63) is 66.0 Å². The topological polar surface area (TPSA) is 64.1 Å². The number of fused-ring (bicyclic) bond motifs is 1. The molecule has 1 amide bonds. The van der Waals surface area contributed by atoms with Crippen molar-refractivity contribution in [3.63, 3.8) is 0 Å². The summed E-state index contributed by atoms with van der Waals surface area (Å²) in [4.78, 5) is 20.6. The second-order valence-electron chi connectivity index (χ2n) is 5.14. The van der Waals surface area contributed by atoms with Gasteiger partial charge < -0.3 is 10.1 Å². The van der Waals surface area contributed by atoms with Gasteiger partial charge in [-0.3, -0.25) is 14.8 Å². The Kier molecular flexibility index (Phi) is 4.47. The summed E-state index contributed by atoms with van der Waals surface area (Å²) in [6, 6.07) is 13.3. The lowest BCUT2D eigenvalue weighted by molar-refractivity contribution is -0.120. The molecule has 0 aliphatic carbocycles. The zero-order chi connectivity index (χ0) is 16.1. The zero-order valence-corrected chi connectivity index (χ0v) is 12.8. The monoisotopic (exact) mass is 307 g/mol. The Morgan fingerprint density at radius 3 is 2.70 bits per heavy atom. The van der Waals surface area contributed by atoms with Gasteiger partial charge in [0, 0.05) is 24.5 Å². The van der Waals surface area contributed by atoms with Crippen LogP contribution in [0.15, 0.2) is 54.9 Å². The van der Waals surface area contributed by atoms with E-state index in [4.69, 9.17) is 4.74 Å². The van der Waals surface area contributed by atoms with E-state index in [0.29, 0.717) is 6.54 Å². The molecule has 0 atom stereocenters. The van der Waals surface area contributed by atoms with Crippen molar-refractivity contribution < 1.29 is 9.53 Å². The van der Waals surface area contributed by atoms with E-state index in [1.807, 2.05) is 42.5 Å². The minimum absolute atomic E-state index is 0.0475. The normalized spacial score (nSPS) is 10.5. The highest BCUT2D eigenvalue weighted by atomic mass is 16.5. The van der Waals surface area contributed by atoms with Crippen molar-refractivity contribution in [1.82, 2.24) is 15.3 Å². The highest BCUT2D eigenvalue weighted by Crippen LogP contribution is 2.17. The first-order valence-corrected chi connectivity index (χ1v) is 7.34. The summed E-state index contributed by atoms with van der Waals surface area (Å²) < 4.78 is 5.26. The molecule has 116 valence electrons. The first-order chi connectivity index (χ1) is 11.3. The number of methoxy groups -OCH3 is 1. The van der Waals surface area contributed by atoms with Gasteiger partial charge in [0.2, 0.25) is 5.91 Å². The molecule has 1 heterocycles. The fraction of sp³-hybridized carbons (Fsp3) is 0.167. The molecule has 5 nitrogen and oxygen atoms in total. The quantitative estimate of drug-likeness (QED) is 0.786. The molecule has 1 N–H and O–H groups in total. The Morgan fingerprint density at radius 1 is 1.09 bits per heavy atom. The number of hydrogen-bond donors (Lipinski definition) is 1. The average Bonchev–Trinajstić information content (AvgIpc) is 2.60. The maximum Gasteiger partial charge on any atom is 0.224 e. The summed E-state index contributed by atoms with van der Waals surface area (Å²) in [6.07, 6.45) is 3.61. The Balaban J connectivity index is 1.63. The third-order valence-corrected chi connectivity index (χ3v) is 3.57. The molecule has 3 aromatic rings. The van der Waals surface area contributed by atoms with Crippen molar-refractivity contribution in [2.24, 2.45) is 0 Å². The summed E-state index contributed by atoms with van der Waals surface area (Å²) in [6.45, 7) is 0.459. The first kappa shape index (κ1) is 15.0. The molecule has 5 heteroatoms. The predicted molar refractivity (Wildman–Crippen MR) is 88.1 cm³/mol. The standard InChI is InChI=1S/C18H17N3O2/c1-23-17-5-3-2-4-14(17)11-18(22)21-12-13-6-7-15-16(10-13)20-9-8-19-15/h2-10H,11-12H2,1H3,(H,21,22). The maximum atomic E-state index is 12.1. The second kappa shape index (κ2) is 6.87. The van der Waals surface area contributed by atoms with Gasteiger partial charge in [-0.05, 0) is 23.8 Å². The molecule has 2 aromatic carbocycles. The number of carbonyl (C=O) groups excluding carboxylic acids is 1. The van der Waals surface area contributed by atoms with E-state index >= 15 is 0 Å². The summed E-state index contributed by atoms with van der Waals surface area (Å²) in [7, 11) is 1.60. The van der Waals surface area contributed by atoms with Gasteiger partial charge in [-0.1, -0.05) is 24.3 Å². The Hall–Kier alpha value is -2.95. The molecule has 0 fully saturated rings. The largest absolute Gasteiger partial charge is 0.496 e. The number of hydrogen-bond acceptors (Lipinski definition) is 4. The molecule has 0 saturated carbocycles. The Labute approximate surface area is 134 Å². The molecule has 0 spiro atoms. The molecular formula is C18H17N3O2. The highest BCUT2D eigenvalue weighted by Gasteiger charge is 2.08. The van der Waals surface area contributed by atoms with Gasteiger partial charge in [0.15, 0.2) is 0 Å². The van der Waals surface area contributed by atoms with E-state index in [2.05, 4.69) is 15.3 Å². The number of ether oxygens (including phenoxy) is 1. The Morgan fingerprint density at radius 2 is 1.87 bits per heavy atom. The number of nitrogens with one attached hydrogen (secondary N) is 1. The summed E-state index contributed by atoms with van der Waals surface area (Å²) in [5, 5.41) is 2.92. The van der Waals surface area contributed by atoms with Gasteiger partial charge in [-0.15, -0.1) is 0 Å². The molecule has 0 aliphatic rings. The second-order valence-corrected chi connectivity index (χ2v) is 5.14. The highest BCUT2D eigenvalue weighted by molar-refractivity contribution is 5.79. The minimum atomic E-state index is -0.0475. The fourth-order valence-electron chi connectivity index (χ4n) is 2.40. The molecule has 1 aromatic heterocycles. The lowest BCUT2D eigenvalue weighted by Gasteiger charge is -2.09. The molecule has 23 heavy (non-hydrogen) atoms. The van der Waals surface area contributed by atoms with Gasteiger partial charge in [-0.25, -0.2) is 0 Å². The van der Waals surface area contributed by atoms with Crippen LogP contribution in [-0.2, 0) is 17.8 Å². The smallest absolute Gasteiger partial charge is 0.224 e. The van der Waals surface area contributed by atoms with Gasteiger partial charge >= 0.3 is 0 Å². The van der Waals surface area contributed by atoms with E-state index in [1.54, 1.807) is 19.5 Å². The van der Waals surface area contributed by atoms with Crippen molar-refractivity contribution >= 4 is 16.9 Å². The first-order valence-electron chi connectivity index (χ1n) is 7.34. The average molecular weight is 307 g/mol. The van der Waals surface area contributed by atoms with Crippen molar-refractivity contribution in [1.29, 1.82) is 0 Å². The lowest BCUT2D eigenvalue weighted by atomic mass is 10.1. The van der Waals surface area contributed by atoms with Crippen molar-refractivity contribution in [2.45, 2.75) is 13.0 Å². The molecule has 0 bridgehead atoms. The van der Waals surface area contributed by atoms with Gasteiger partial charge in [0.1, 0.15) is 5.75 Å². The molecule has 0 unspecified atom stereocenters. The number of benzene rings is 2. The third-order valence-electron chi connectivity index (χ3n) is 3.57. The SMILES string of the molecule is COc1ccccc1CC(=O)NCc1ccc2nccnc2c1. The molecule has 3 rings (SSSR count). The number of carbonyl (C=O) groups is 1. The van der Waals surface area contributed by atoms with Crippen LogP contribution >= 0.6 is 0 Å². The van der Waals surface area contributed by atoms with E-state index < -0.39 is 0 Å². The van der Waals surface area contributed by atoms with E-state index in [9.17, 15) is 4.79 Å². The van der Waals surface area contributed by atoms with Crippen LogP contribution in [0.4, 0.5) is 0 Å². The number of para-hydroxylation sites is 1. The maximum absolute atomic E-state index is 12.1. The number of amides is 1. The van der Waals surface area contributed by atoms with Gasteiger partial charge in [-0.2, -0.15) is 0 Å². The number of nitrogens with zero attached hydrogens (tertiary/aromatic N) is 2. The van der Waals surface area contributed by atoms with Gasteiger partial charge in [0.25, 0.3) is 0 Å². The summed E-state index contributed by atoms with van der Waals surface area (Å²) in [5.74, 6) is 0.678. The van der Waals surface area contributed by atoms with Gasteiger partial charge in [0.05, 0.1) is 24.6 Å². The number of rotatable bonds is 5. The summed E-state index contributed by atoms with van der Waals surface area (Å²) in [5.41, 5.74) is 3.53. The lowest BCUT2D eigenvalue weighted by Crippen LogP contribution is -2.24. The Bertz CT molecular complexity index is 833. The van der Waals surface area contributed by atoms with Crippen LogP contribution in [0.3, 0.4) is 0 Å².